The van der Waals surface area contributed by atoms with Crippen LogP contribution in [0.2, 0.25) is 0 Å². The summed E-state index contributed by atoms with van der Waals surface area (Å²) in [7, 11) is 2.83. The fourth-order valence-electron chi connectivity index (χ4n) is 8.18. The number of aryl methyl sites for hydroxylation is 2. The predicted octanol–water partition coefficient (Wildman–Crippen LogP) is 10.4. The van der Waals surface area contributed by atoms with Gasteiger partial charge in [-0.25, -0.2) is 9.97 Å². The Morgan fingerprint density at radius 2 is 1.20 bits per heavy atom. The largest absolute Gasteiger partial charge is 0.469 e. The van der Waals surface area contributed by atoms with Gasteiger partial charge in [-0.3, -0.25) is 9.59 Å². The SMILES string of the molecule is COC(=O)CCC1=C(C)c2cc3[nH]c(cc4nc(cc5[nH]c(cc1n2)c(CCC(=O)OC)c5C)-c1c-4ccc2ccccc12)c1ccc2ccccc2c31. The van der Waals surface area contributed by atoms with Gasteiger partial charge in [-0.05, 0) is 94.8 Å². The zero-order valence-corrected chi connectivity index (χ0v) is 30.6. The summed E-state index contributed by atoms with van der Waals surface area (Å²) in [6, 6.07) is 34.0. The van der Waals surface area contributed by atoms with Crippen molar-refractivity contribution in [1.82, 2.24) is 19.9 Å². The molecule has 5 heterocycles. The van der Waals surface area contributed by atoms with Crippen molar-refractivity contribution in [3.8, 4) is 22.5 Å². The van der Waals surface area contributed by atoms with Gasteiger partial charge in [0.1, 0.15) is 0 Å². The van der Waals surface area contributed by atoms with Gasteiger partial charge in [0.15, 0.2) is 0 Å². The fourth-order valence-corrected chi connectivity index (χ4v) is 8.18. The standard InChI is InChI=1S/C46H38N4O4/c1-25-29(17-19-43(51)53-3)37-23-38-30(18-20-44(52)54-4)26(2)36(48-38)22-42-46-32-12-8-6-10-28(32)14-16-34(46)40(50-42)24-39-33-15-13-27-9-5-7-11-31(27)45(33)41(49-39)21-35(25)47-37/h5-16,21-24,47,50H,17-20H2,1-4H3. The van der Waals surface area contributed by atoms with E-state index in [0.29, 0.717) is 12.8 Å². The molecule has 266 valence electrons. The lowest BCUT2D eigenvalue weighted by atomic mass is 9.96. The van der Waals surface area contributed by atoms with Crippen molar-refractivity contribution >= 4 is 77.5 Å². The lowest BCUT2D eigenvalue weighted by molar-refractivity contribution is -0.141. The zero-order valence-electron chi connectivity index (χ0n) is 30.6. The number of fused-ring (bicyclic) bond motifs is 18. The second-order valence-electron chi connectivity index (χ2n) is 14.0. The van der Waals surface area contributed by atoms with E-state index in [1.165, 1.54) is 14.2 Å². The number of carbonyl (C=O) groups excluding carboxylic acids is 2. The second kappa shape index (κ2) is 13.1. The van der Waals surface area contributed by atoms with E-state index in [1.54, 1.807) is 0 Å². The first kappa shape index (κ1) is 33.3. The maximum Gasteiger partial charge on any atom is 0.305 e. The Balaban J connectivity index is 1.43. The molecule has 8 bridgehead atoms. The van der Waals surface area contributed by atoms with E-state index in [0.717, 1.165) is 111 Å². The molecule has 4 aromatic carbocycles. The monoisotopic (exact) mass is 710 g/mol. The number of nitrogens with one attached hydrogen (secondary N) is 2. The molecule has 8 heteroatoms. The van der Waals surface area contributed by atoms with E-state index in [4.69, 9.17) is 19.4 Å². The van der Waals surface area contributed by atoms with E-state index in [2.05, 4.69) is 121 Å². The minimum atomic E-state index is -0.278. The number of nitrogens with zero attached hydrogens (tertiary/aromatic N) is 2. The van der Waals surface area contributed by atoms with E-state index in [-0.39, 0.29) is 24.8 Å². The van der Waals surface area contributed by atoms with Crippen LogP contribution in [0.5, 0.6) is 0 Å². The van der Waals surface area contributed by atoms with Crippen molar-refractivity contribution in [2.45, 2.75) is 39.5 Å². The fraction of sp³-hybridized carbons (Fsp3) is 0.174. The molecule has 0 spiro atoms. The number of methoxy groups -OCH3 is 2. The molecular formula is C46H38N4O4. The first-order chi connectivity index (χ1) is 26.3. The average molecular weight is 711 g/mol. The van der Waals surface area contributed by atoms with Gasteiger partial charge in [-0.2, -0.15) is 0 Å². The number of hydrogen-bond donors (Lipinski definition) is 2. The number of benzene rings is 4. The number of aromatic amines is 2. The maximum atomic E-state index is 12.4. The van der Waals surface area contributed by atoms with Crippen LogP contribution in [0.25, 0.3) is 88.0 Å². The number of esters is 2. The Kier molecular flexibility index (Phi) is 8.11. The first-order valence-corrected chi connectivity index (χ1v) is 18.2. The van der Waals surface area contributed by atoms with Crippen LogP contribution in [0.4, 0.5) is 0 Å². The van der Waals surface area contributed by atoms with Gasteiger partial charge in [0, 0.05) is 56.8 Å². The van der Waals surface area contributed by atoms with Gasteiger partial charge in [-0.1, -0.05) is 72.8 Å². The first-order valence-electron chi connectivity index (χ1n) is 18.2. The quantitative estimate of drug-likeness (QED) is 0.166. The average Bonchev–Trinajstić information content (AvgIpc) is 3.90. The highest BCUT2D eigenvalue weighted by Gasteiger charge is 2.23. The minimum Gasteiger partial charge on any atom is -0.469 e. The number of ether oxygens (including phenoxy) is 2. The molecule has 7 aromatic rings. The Morgan fingerprint density at radius 3 is 1.98 bits per heavy atom. The molecule has 0 radical (unpaired) electrons. The lowest BCUT2D eigenvalue weighted by Crippen LogP contribution is -2.02. The summed E-state index contributed by atoms with van der Waals surface area (Å²) >= 11 is 0. The van der Waals surface area contributed by atoms with Crippen molar-refractivity contribution in [3.05, 3.63) is 120 Å². The molecule has 0 saturated carbocycles. The number of hydrogen-bond acceptors (Lipinski definition) is 6. The molecule has 2 N–H and O–H groups in total. The topological polar surface area (TPSA) is 110 Å². The highest BCUT2D eigenvalue weighted by molar-refractivity contribution is 6.21. The molecule has 2 aliphatic heterocycles. The van der Waals surface area contributed by atoms with Crippen LogP contribution >= 0.6 is 0 Å². The second-order valence-corrected chi connectivity index (χ2v) is 14.0. The van der Waals surface area contributed by atoms with Gasteiger partial charge in [0.25, 0.3) is 0 Å². The highest BCUT2D eigenvalue weighted by atomic mass is 16.5. The molecule has 2 aliphatic rings. The molecular weight excluding hydrogens is 673 g/mol. The highest BCUT2D eigenvalue weighted by Crippen LogP contribution is 2.43. The van der Waals surface area contributed by atoms with Crippen LogP contribution in [0.3, 0.4) is 0 Å². The van der Waals surface area contributed by atoms with Gasteiger partial charge in [0.2, 0.25) is 0 Å². The smallest absolute Gasteiger partial charge is 0.305 e. The van der Waals surface area contributed by atoms with Crippen LogP contribution in [0, 0.1) is 6.92 Å². The van der Waals surface area contributed by atoms with Gasteiger partial charge >= 0.3 is 11.9 Å². The van der Waals surface area contributed by atoms with Gasteiger partial charge in [0.05, 0.1) is 37.0 Å². The van der Waals surface area contributed by atoms with E-state index >= 15 is 0 Å². The van der Waals surface area contributed by atoms with Crippen LogP contribution < -0.4 is 0 Å². The molecule has 9 rings (SSSR count). The molecule has 8 nitrogen and oxygen atoms in total. The molecule has 3 aromatic heterocycles. The van der Waals surface area contributed by atoms with Crippen LogP contribution in [0.15, 0.2) is 97.1 Å². The van der Waals surface area contributed by atoms with Crippen molar-refractivity contribution < 1.29 is 19.1 Å². The van der Waals surface area contributed by atoms with Crippen molar-refractivity contribution in [2.24, 2.45) is 0 Å². The summed E-state index contributed by atoms with van der Waals surface area (Å²) in [5, 5.41) is 6.75. The Labute approximate surface area is 311 Å². The van der Waals surface area contributed by atoms with Gasteiger partial charge < -0.3 is 19.4 Å². The number of H-pyrrole nitrogens is 2. The van der Waals surface area contributed by atoms with Crippen molar-refractivity contribution in [2.75, 3.05) is 14.2 Å². The molecule has 0 unspecified atom stereocenters. The third-order valence-corrected chi connectivity index (χ3v) is 11.0. The Hall–Kier alpha value is -6.54. The molecule has 54 heavy (non-hydrogen) atoms. The molecule has 0 aliphatic carbocycles. The van der Waals surface area contributed by atoms with Gasteiger partial charge in [-0.15, -0.1) is 0 Å². The summed E-state index contributed by atoms with van der Waals surface area (Å²) in [6.07, 6.45) is 1.40. The van der Waals surface area contributed by atoms with Crippen LogP contribution in [-0.4, -0.2) is 46.1 Å². The lowest BCUT2D eigenvalue weighted by Gasteiger charge is -2.05. The van der Waals surface area contributed by atoms with Crippen LogP contribution in [-0.2, 0) is 25.5 Å². The Morgan fingerprint density at radius 1 is 0.593 bits per heavy atom. The van der Waals surface area contributed by atoms with Crippen molar-refractivity contribution in [1.29, 1.82) is 0 Å². The van der Waals surface area contributed by atoms with E-state index in [1.807, 2.05) is 0 Å². The summed E-state index contributed by atoms with van der Waals surface area (Å²) in [5.41, 5.74) is 13.1. The predicted molar refractivity (Wildman–Crippen MR) is 217 cm³/mol. The zero-order chi connectivity index (χ0) is 37.1. The molecule has 0 amide bonds. The summed E-state index contributed by atoms with van der Waals surface area (Å²) in [5.74, 6) is -0.552. The number of carbonyl (C=O) groups is 2. The van der Waals surface area contributed by atoms with E-state index < -0.39 is 0 Å². The maximum absolute atomic E-state index is 12.4. The third-order valence-electron chi connectivity index (χ3n) is 11.0. The number of aromatic nitrogens is 4. The van der Waals surface area contributed by atoms with Crippen molar-refractivity contribution in [3.63, 3.8) is 0 Å². The number of allylic oxidation sites excluding steroid dienone is 2. The molecule has 0 fully saturated rings. The summed E-state index contributed by atoms with van der Waals surface area (Å²) in [6.45, 7) is 4.14. The summed E-state index contributed by atoms with van der Waals surface area (Å²) in [4.78, 5) is 42.9. The third kappa shape index (κ3) is 5.53. The van der Waals surface area contributed by atoms with Crippen LogP contribution in [0.1, 0.15) is 48.7 Å². The molecule has 0 atom stereocenters. The normalized spacial score (nSPS) is 12.4. The summed E-state index contributed by atoms with van der Waals surface area (Å²) < 4.78 is 10.1. The number of rotatable bonds is 6. The minimum absolute atomic E-state index is 0.224. The van der Waals surface area contributed by atoms with E-state index in [9.17, 15) is 9.59 Å². The Bertz CT molecular complexity index is 2930. The molecule has 0 saturated heterocycles.